The molecule has 1 aliphatic rings. The van der Waals surface area contributed by atoms with Crippen molar-refractivity contribution in [3.05, 3.63) is 34.9 Å². The minimum Gasteiger partial charge on any atom is -0.381 e. The molecule has 2 N–H and O–H groups in total. The number of nitrogens with zero attached hydrogens (tertiary/aromatic N) is 1. The Morgan fingerprint density at radius 3 is 2.71 bits per heavy atom. The molecule has 1 fully saturated rings. The Bertz CT molecular complexity index is 533. The Hall–Kier alpha value is -0.910. The Balaban J connectivity index is 1.89. The summed E-state index contributed by atoms with van der Waals surface area (Å²) in [6, 6.07) is 7.98. The highest BCUT2D eigenvalue weighted by Gasteiger charge is 2.31. The summed E-state index contributed by atoms with van der Waals surface area (Å²) >= 11 is 8.13. The van der Waals surface area contributed by atoms with Gasteiger partial charge in [-0.25, -0.2) is 0 Å². The first kappa shape index (κ1) is 19.4. The van der Waals surface area contributed by atoms with Crippen molar-refractivity contribution in [3.63, 3.8) is 0 Å². The summed E-state index contributed by atoms with van der Waals surface area (Å²) in [5.41, 5.74) is 1.16. The third kappa shape index (κ3) is 5.87. The molecule has 1 aromatic rings. The van der Waals surface area contributed by atoms with Crippen LogP contribution in [0.5, 0.6) is 0 Å². The first-order valence-corrected chi connectivity index (χ1v) is 10.2. The Morgan fingerprint density at radius 2 is 2.04 bits per heavy atom. The lowest BCUT2D eigenvalue weighted by atomic mass is 9.99. The third-order valence-corrected chi connectivity index (χ3v) is 6.12. The van der Waals surface area contributed by atoms with Crippen LogP contribution in [0.1, 0.15) is 25.3 Å². The molecule has 2 rings (SSSR count). The van der Waals surface area contributed by atoms with Crippen molar-refractivity contribution in [2.75, 3.05) is 39.1 Å². The molecule has 0 radical (unpaired) electrons. The van der Waals surface area contributed by atoms with Crippen molar-refractivity contribution in [1.82, 2.24) is 10.6 Å². The highest BCUT2D eigenvalue weighted by molar-refractivity contribution is 8.00. The molecule has 0 saturated carbocycles. The van der Waals surface area contributed by atoms with E-state index in [2.05, 4.69) is 29.9 Å². The van der Waals surface area contributed by atoms with Gasteiger partial charge in [-0.1, -0.05) is 29.8 Å². The molecule has 0 bridgehead atoms. The maximum absolute atomic E-state index is 6.21. The van der Waals surface area contributed by atoms with Gasteiger partial charge in [0.1, 0.15) is 0 Å². The summed E-state index contributed by atoms with van der Waals surface area (Å²) in [6.45, 7) is 6.25. The highest BCUT2D eigenvalue weighted by atomic mass is 35.5. The van der Waals surface area contributed by atoms with E-state index in [1.807, 2.05) is 30.0 Å². The van der Waals surface area contributed by atoms with Crippen LogP contribution < -0.4 is 10.6 Å². The molecule has 4 nitrogen and oxygen atoms in total. The summed E-state index contributed by atoms with van der Waals surface area (Å²) in [4.78, 5) is 4.82. The highest BCUT2D eigenvalue weighted by Crippen LogP contribution is 2.33. The van der Waals surface area contributed by atoms with Crippen LogP contribution in [0.15, 0.2) is 29.3 Å². The second kappa shape index (κ2) is 10.2. The van der Waals surface area contributed by atoms with Gasteiger partial charge < -0.3 is 15.4 Å². The van der Waals surface area contributed by atoms with E-state index in [4.69, 9.17) is 21.3 Å². The number of benzene rings is 1. The standard InChI is InChI=1S/C18H28ClN3OS/c1-3-20-17(21-11-8-15-6-4-5-7-16(15)19)22-14-18(24-2)9-12-23-13-10-18/h4-7H,3,8-14H2,1-2H3,(H2,20,21,22). The largest absolute Gasteiger partial charge is 0.381 e. The molecule has 0 unspecified atom stereocenters. The van der Waals surface area contributed by atoms with Gasteiger partial charge in [0.15, 0.2) is 5.96 Å². The van der Waals surface area contributed by atoms with Crippen molar-refractivity contribution in [1.29, 1.82) is 0 Å². The number of thioether (sulfide) groups is 1. The molecule has 1 heterocycles. The van der Waals surface area contributed by atoms with Gasteiger partial charge in [0.2, 0.25) is 0 Å². The van der Waals surface area contributed by atoms with Crippen LogP contribution in [0.2, 0.25) is 5.02 Å². The first-order chi connectivity index (χ1) is 11.7. The number of ether oxygens (including phenoxy) is 1. The Morgan fingerprint density at radius 1 is 1.29 bits per heavy atom. The van der Waals surface area contributed by atoms with Crippen molar-refractivity contribution in [3.8, 4) is 0 Å². The number of rotatable bonds is 7. The fourth-order valence-electron chi connectivity index (χ4n) is 2.75. The molecular formula is C18H28ClN3OS. The van der Waals surface area contributed by atoms with Crippen LogP contribution in [0.3, 0.4) is 0 Å². The summed E-state index contributed by atoms with van der Waals surface area (Å²) in [7, 11) is 0. The Kier molecular flexibility index (Phi) is 8.22. The smallest absolute Gasteiger partial charge is 0.191 e. The molecule has 1 aliphatic heterocycles. The number of nitrogens with one attached hydrogen (secondary N) is 2. The van der Waals surface area contributed by atoms with Crippen molar-refractivity contribution in [2.24, 2.45) is 4.99 Å². The quantitative estimate of drug-likeness (QED) is 0.571. The zero-order chi connectivity index (χ0) is 17.3. The average molecular weight is 370 g/mol. The Labute approximate surface area is 154 Å². The molecule has 0 atom stereocenters. The predicted molar refractivity (Wildman–Crippen MR) is 105 cm³/mol. The lowest BCUT2D eigenvalue weighted by Gasteiger charge is -2.34. The number of hydrogen-bond donors (Lipinski definition) is 2. The second-order valence-electron chi connectivity index (χ2n) is 5.96. The fourth-order valence-corrected chi connectivity index (χ4v) is 3.75. The number of hydrogen-bond acceptors (Lipinski definition) is 3. The molecule has 6 heteroatoms. The van der Waals surface area contributed by atoms with Gasteiger partial charge in [0.25, 0.3) is 0 Å². The van der Waals surface area contributed by atoms with Crippen LogP contribution >= 0.6 is 23.4 Å². The van der Waals surface area contributed by atoms with Gasteiger partial charge in [-0.3, -0.25) is 4.99 Å². The van der Waals surface area contributed by atoms with Crippen LogP contribution in [-0.2, 0) is 11.2 Å². The fraction of sp³-hybridized carbons (Fsp3) is 0.611. The van der Waals surface area contributed by atoms with Gasteiger partial charge in [-0.05, 0) is 44.1 Å². The van der Waals surface area contributed by atoms with E-state index in [9.17, 15) is 0 Å². The third-order valence-electron chi connectivity index (χ3n) is 4.35. The molecule has 0 amide bonds. The molecule has 0 spiro atoms. The monoisotopic (exact) mass is 369 g/mol. The van der Waals surface area contributed by atoms with Gasteiger partial charge in [0, 0.05) is 36.1 Å². The zero-order valence-corrected chi connectivity index (χ0v) is 16.2. The molecule has 0 aromatic heterocycles. The summed E-state index contributed by atoms with van der Waals surface area (Å²) in [5.74, 6) is 0.879. The minimum absolute atomic E-state index is 0.212. The van der Waals surface area contributed by atoms with Crippen molar-refractivity contribution >= 4 is 29.3 Å². The summed E-state index contributed by atoms with van der Waals surface area (Å²) in [6.07, 6.45) is 5.19. The second-order valence-corrected chi connectivity index (χ2v) is 7.64. The maximum Gasteiger partial charge on any atom is 0.191 e. The van der Waals surface area contributed by atoms with Gasteiger partial charge in [0.05, 0.1) is 6.54 Å². The predicted octanol–water partition coefficient (Wildman–Crippen LogP) is 3.35. The molecular weight excluding hydrogens is 342 g/mol. The normalized spacial score (nSPS) is 17.5. The van der Waals surface area contributed by atoms with E-state index >= 15 is 0 Å². The van der Waals surface area contributed by atoms with Crippen molar-refractivity contribution < 1.29 is 4.74 Å². The van der Waals surface area contributed by atoms with Crippen LogP contribution in [0.4, 0.5) is 0 Å². The number of halogens is 1. The van der Waals surface area contributed by atoms with E-state index in [1.54, 1.807) is 0 Å². The number of aliphatic imine (C=N–C) groups is 1. The summed E-state index contributed by atoms with van der Waals surface area (Å²) in [5, 5.41) is 7.57. The molecule has 0 aliphatic carbocycles. The van der Waals surface area contributed by atoms with Crippen LogP contribution in [0.25, 0.3) is 0 Å². The lowest BCUT2D eigenvalue weighted by Crippen LogP contribution is -2.41. The SMILES string of the molecule is CCNC(=NCC1(SC)CCOCC1)NCCc1ccccc1Cl. The van der Waals surface area contributed by atoms with E-state index in [0.29, 0.717) is 0 Å². The van der Waals surface area contributed by atoms with Crippen LogP contribution in [0, 0.1) is 0 Å². The molecule has 1 aromatic carbocycles. The molecule has 134 valence electrons. The molecule has 24 heavy (non-hydrogen) atoms. The first-order valence-electron chi connectivity index (χ1n) is 8.57. The summed E-state index contributed by atoms with van der Waals surface area (Å²) < 4.78 is 5.71. The molecule has 1 saturated heterocycles. The average Bonchev–Trinajstić information content (AvgIpc) is 2.62. The lowest BCUT2D eigenvalue weighted by molar-refractivity contribution is 0.0794. The van der Waals surface area contributed by atoms with E-state index in [-0.39, 0.29) is 4.75 Å². The topological polar surface area (TPSA) is 45.7 Å². The van der Waals surface area contributed by atoms with Gasteiger partial charge >= 0.3 is 0 Å². The van der Waals surface area contributed by atoms with Gasteiger partial charge in [-0.15, -0.1) is 0 Å². The maximum atomic E-state index is 6.21. The van der Waals surface area contributed by atoms with Crippen LogP contribution in [-0.4, -0.2) is 49.8 Å². The number of guanidine groups is 1. The van der Waals surface area contributed by atoms with E-state index in [1.165, 1.54) is 0 Å². The van der Waals surface area contributed by atoms with Crippen molar-refractivity contribution in [2.45, 2.75) is 30.9 Å². The zero-order valence-electron chi connectivity index (χ0n) is 14.6. The van der Waals surface area contributed by atoms with E-state index in [0.717, 1.165) is 68.7 Å². The minimum atomic E-state index is 0.212. The van der Waals surface area contributed by atoms with E-state index < -0.39 is 0 Å². The van der Waals surface area contributed by atoms with Gasteiger partial charge in [-0.2, -0.15) is 11.8 Å².